The van der Waals surface area contributed by atoms with E-state index < -0.39 is 10.0 Å². The number of sulfonamides is 1. The number of anilines is 1. The van der Waals surface area contributed by atoms with Crippen molar-refractivity contribution in [1.82, 2.24) is 4.31 Å². The van der Waals surface area contributed by atoms with Crippen molar-refractivity contribution in [3.05, 3.63) is 47.6 Å². The quantitative estimate of drug-likeness (QED) is 0.701. The van der Waals surface area contributed by atoms with Gasteiger partial charge >= 0.3 is 0 Å². The highest BCUT2D eigenvalue weighted by Crippen LogP contribution is 2.20. The minimum atomic E-state index is -3.49. The van der Waals surface area contributed by atoms with E-state index in [1.165, 1.54) is 34.8 Å². The van der Waals surface area contributed by atoms with Crippen molar-refractivity contribution in [3.8, 4) is 0 Å². The molecule has 0 aliphatic carbocycles. The third kappa shape index (κ3) is 4.87. The Morgan fingerprint density at radius 3 is 2.44 bits per heavy atom. The summed E-state index contributed by atoms with van der Waals surface area (Å²) in [4.78, 5) is 13.9. The fourth-order valence-electron chi connectivity index (χ4n) is 2.40. The van der Waals surface area contributed by atoms with Gasteiger partial charge in [-0.3, -0.25) is 4.79 Å². The number of hydrogen-bond donors (Lipinski definition) is 0. The minimum Gasteiger partial charge on any atom is -0.313 e. The maximum atomic E-state index is 13.0. The number of halogens is 1. The van der Waals surface area contributed by atoms with Gasteiger partial charge in [-0.25, -0.2) is 17.1 Å². The maximum absolute atomic E-state index is 13.0. The van der Waals surface area contributed by atoms with E-state index in [2.05, 4.69) is 0 Å². The van der Waals surface area contributed by atoms with Crippen molar-refractivity contribution in [2.24, 2.45) is 0 Å². The molecule has 1 heterocycles. The molecule has 0 radical (unpaired) electrons. The van der Waals surface area contributed by atoms with Gasteiger partial charge in [0.1, 0.15) is 10.0 Å². The van der Waals surface area contributed by atoms with Gasteiger partial charge in [-0.2, -0.15) is 0 Å². The molecule has 0 aliphatic heterocycles. The smallest absolute Gasteiger partial charge is 0.252 e. The number of amides is 1. The van der Waals surface area contributed by atoms with E-state index in [0.717, 1.165) is 0 Å². The number of rotatable bonds is 8. The SMILES string of the molecule is CCN(C(=O)CCCN(C)S(=O)(=O)c1cccs1)c1ccc(F)cc1. The lowest BCUT2D eigenvalue weighted by Crippen LogP contribution is -2.32. The monoisotopic (exact) mass is 384 g/mol. The Morgan fingerprint density at radius 2 is 1.88 bits per heavy atom. The van der Waals surface area contributed by atoms with Gasteiger partial charge in [0.15, 0.2) is 0 Å². The normalized spacial score (nSPS) is 11.7. The maximum Gasteiger partial charge on any atom is 0.252 e. The molecular formula is C17H21FN2O3S2. The minimum absolute atomic E-state index is 0.115. The molecular weight excluding hydrogens is 363 g/mol. The molecule has 5 nitrogen and oxygen atoms in total. The van der Waals surface area contributed by atoms with E-state index in [-0.39, 0.29) is 24.7 Å². The van der Waals surface area contributed by atoms with Crippen LogP contribution >= 0.6 is 11.3 Å². The summed E-state index contributed by atoms with van der Waals surface area (Å²) in [7, 11) is -1.98. The fourth-order valence-corrected chi connectivity index (χ4v) is 4.81. The molecule has 0 spiro atoms. The zero-order chi connectivity index (χ0) is 18.4. The Morgan fingerprint density at radius 1 is 1.20 bits per heavy atom. The van der Waals surface area contributed by atoms with Gasteiger partial charge in [0, 0.05) is 32.2 Å². The lowest BCUT2D eigenvalue weighted by atomic mass is 10.2. The molecule has 0 saturated heterocycles. The van der Waals surface area contributed by atoms with Crippen LogP contribution in [0.2, 0.25) is 0 Å². The van der Waals surface area contributed by atoms with Gasteiger partial charge in [-0.05, 0) is 49.1 Å². The molecule has 1 aromatic carbocycles. The zero-order valence-corrected chi connectivity index (χ0v) is 15.8. The molecule has 0 N–H and O–H groups in total. The molecule has 0 unspecified atom stereocenters. The molecule has 1 amide bonds. The summed E-state index contributed by atoms with van der Waals surface area (Å²) in [5.41, 5.74) is 0.633. The lowest BCUT2D eigenvalue weighted by molar-refractivity contribution is -0.118. The Bertz CT molecular complexity index is 790. The third-order valence-electron chi connectivity index (χ3n) is 3.78. The summed E-state index contributed by atoms with van der Waals surface area (Å²) in [6.07, 6.45) is 0.632. The number of benzene rings is 1. The van der Waals surface area contributed by atoms with Crippen molar-refractivity contribution < 1.29 is 17.6 Å². The summed E-state index contributed by atoms with van der Waals surface area (Å²) in [6.45, 7) is 2.56. The van der Waals surface area contributed by atoms with Crippen LogP contribution in [-0.4, -0.2) is 38.8 Å². The van der Waals surface area contributed by atoms with Crippen LogP contribution < -0.4 is 4.90 Å². The zero-order valence-electron chi connectivity index (χ0n) is 14.2. The Hall–Kier alpha value is -1.77. The van der Waals surface area contributed by atoms with E-state index in [0.29, 0.717) is 22.9 Å². The highest BCUT2D eigenvalue weighted by atomic mass is 32.2. The molecule has 25 heavy (non-hydrogen) atoms. The number of hydrogen-bond acceptors (Lipinski definition) is 4. The molecule has 2 rings (SSSR count). The summed E-state index contributed by atoms with van der Waals surface area (Å²) in [6, 6.07) is 9.00. The average Bonchev–Trinajstić information content (AvgIpc) is 3.12. The molecule has 0 saturated carbocycles. The van der Waals surface area contributed by atoms with Crippen LogP contribution in [-0.2, 0) is 14.8 Å². The first kappa shape index (κ1) is 19.6. The van der Waals surface area contributed by atoms with Gasteiger partial charge in [0.2, 0.25) is 5.91 Å². The average molecular weight is 384 g/mol. The Kier molecular flexibility index (Phi) is 6.69. The van der Waals surface area contributed by atoms with Crippen LogP contribution in [0.4, 0.5) is 10.1 Å². The number of carbonyl (C=O) groups is 1. The second-order valence-corrected chi connectivity index (χ2v) is 8.70. The number of nitrogens with zero attached hydrogens (tertiary/aromatic N) is 2. The van der Waals surface area contributed by atoms with Crippen LogP contribution in [0.3, 0.4) is 0 Å². The van der Waals surface area contributed by atoms with E-state index in [4.69, 9.17) is 0 Å². The van der Waals surface area contributed by atoms with E-state index in [1.54, 1.807) is 34.5 Å². The van der Waals surface area contributed by atoms with E-state index in [1.807, 2.05) is 6.92 Å². The summed E-state index contributed by atoms with van der Waals surface area (Å²) < 4.78 is 39.2. The van der Waals surface area contributed by atoms with Crippen LogP contribution in [0.15, 0.2) is 46.0 Å². The summed E-state index contributed by atoms with van der Waals surface area (Å²) in [5.74, 6) is -0.469. The molecule has 0 atom stereocenters. The number of carbonyl (C=O) groups excluding carboxylic acids is 1. The summed E-state index contributed by atoms with van der Waals surface area (Å²) >= 11 is 1.17. The van der Waals surface area contributed by atoms with Crippen LogP contribution in [0, 0.1) is 5.82 Å². The predicted molar refractivity (Wildman–Crippen MR) is 97.8 cm³/mol. The first-order valence-corrected chi connectivity index (χ1v) is 10.2. The largest absolute Gasteiger partial charge is 0.313 e. The van der Waals surface area contributed by atoms with E-state index in [9.17, 15) is 17.6 Å². The third-order valence-corrected chi connectivity index (χ3v) is 7.01. The molecule has 0 bridgehead atoms. The number of thiophene rings is 1. The standard InChI is InChI=1S/C17H21FN2O3S2/c1-3-20(15-10-8-14(18)9-11-15)16(21)6-4-12-19(2)25(22,23)17-7-5-13-24-17/h5,7-11,13H,3-4,6,12H2,1-2H3. The van der Waals surface area contributed by atoms with Gasteiger partial charge in [-0.1, -0.05) is 6.07 Å². The lowest BCUT2D eigenvalue weighted by Gasteiger charge is -2.22. The Balaban J connectivity index is 1.92. The van der Waals surface area contributed by atoms with Crippen molar-refractivity contribution in [3.63, 3.8) is 0 Å². The first-order chi connectivity index (χ1) is 11.9. The van der Waals surface area contributed by atoms with Crippen LogP contribution in [0.25, 0.3) is 0 Å². The summed E-state index contributed by atoms with van der Waals surface area (Å²) in [5, 5.41) is 1.71. The molecule has 0 fully saturated rings. The van der Waals surface area contributed by atoms with Gasteiger partial charge in [0.05, 0.1) is 0 Å². The van der Waals surface area contributed by atoms with Gasteiger partial charge in [0.25, 0.3) is 10.0 Å². The van der Waals surface area contributed by atoms with Crippen molar-refractivity contribution >= 4 is 33.0 Å². The van der Waals surface area contributed by atoms with Crippen molar-refractivity contribution in [2.75, 3.05) is 25.0 Å². The molecule has 2 aromatic rings. The van der Waals surface area contributed by atoms with Crippen molar-refractivity contribution in [2.45, 2.75) is 24.0 Å². The highest BCUT2D eigenvalue weighted by Gasteiger charge is 2.22. The topological polar surface area (TPSA) is 57.7 Å². The van der Waals surface area contributed by atoms with Gasteiger partial charge in [-0.15, -0.1) is 11.3 Å². The second-order valence-electron chi connectivity index (χ2n) is 5.48. The molecule has 136 valence electrons. The van der Waals surface area contributed by atoms with E-state index >= 15 is 0 Å². The fraction of sp³-hybridized carbons (Fsp3) is 0.353. The van der Waals surface area contributed by atoms with Crippen LogP contribution in [0.5, 0.6) is 0 Å². The van der Waals surface area contributed by atoms with Crippen LogP contribution in [0.1, 0.15) is 19.8 Å². The molecule has 1 aromatic heterocycles. The Labute approximate surface area is 151 Å². The van der Waals surface area contributed by atoms with Gasteiger partial charge < -0.3 is 4.90 Å². The molecule has 8 heteroatoms. The van der Waals surface area contributed by atoms with Crippen molar-refractivity contribution in [1.29, 1.82) is 0 Å². The highest BCUT2D eigenvalue weighted by molar-refractivity contribution is 7.91. The second kappa shape index (κ2) is 8.55. The first-order valence-electron chi connectivity index (χ1n) is 7.92. The molecule has 0 aliphatic rings. The predicted octanol–water partition coefficient (Wildman–Crippen LogP) is 3.34.